The van der Waals surface area contributed by atoms with E-state index < -0.39 is 11.6 Å². The average molecular weight is 441 g/mol. The molecule has 1 saturated heterocycles. The van der Waals surface area contributed by atoms with Gasteiger partial charge in [-0.05, 0) is 44.1 Å². The van der Waals surface area contributed by atoms with Crippen LogP contribution in [-0.2, 0) is 21.6 Å². The number of nitrogens with one attached hydrogen (secondary N) is 2. The Labute approximate surface area is 191 Å². The number of nitrogens with zero attached hydrogens (tertiary/aromatic N) is 2. The summed E-state index contributed by atoms with van der Waals surface area (Å²) in [6, 6.07) is 9.99. The zero-order valence-electron chi connectivity index (χ0n) is 19.7. The largest absolute Gasteiger partial charge is 0.445 e. The lowest BCUT2D eigenvalue weighted by molar-refractivity contribution is 0.0903. The van der Waals surface area contributed by atoms with E-state index in [1.807, 2.05) is 50.4 Å². The molecule has 2 heterocycles. The summed E-state index contributed by atoms with van der Waals surface area (Å²) in [5, 5.41) is 6.53. The highest BCUT2D eigenvalue weighted by Crippen LogP contribution is 2.32. The van der Waals surface area contributed by atoms with Gasteiger partial charge in [-0.3, -0.25) is 0 Å². The van der Waals surface area contributed by atoms with Crippen molar-refractivity contribution in [3.8, 4) is 0 Å². The van der Waals surface area contributed by atoms with E-state index in [-0.39, 0.29) is 12.5 Å². The lowest BCUT2D eigenvalue weighted by atomic mass is 9.85. The first-order valence-electron chi connectivity index (χ1n) is 11.7. The van der Waals surface area contributed by atoms with Crippen molar-refractivity contribution in [1.29, 1.82) is 0 Å². The number of benzene rings is 1. The average Bonchev–Trinajstić information content (AvgIpc) is 2.83. The Bertz CT molecular complexity index is 871. The minimum atomic E-state index is -0.635. The molecule has 7 heteroatoms. The highest BCUT2D eigenvalue weighted by molar-refractivity contribution is 5.68. The van der Waals surface area contributed by atoms with Gasteiger partial charge in [0.1, 0.15) is 6.61 Å². The predicted octanol–water partition coefficient (Wildman–Crippen LogP) is 5.13. The third kappa shape index (κ3) is 6.19. The number of carbonyl (C=O) groups excluding carboxylic acids is 1. The van der Waals surface area contributed by atoms with Gasteiger partial charge in [0.05, 0.1) is 11.2 Å². The third-order valence-corrected chi connectivity index (χ3v) is 6.34. The fourth-order valence-corrected chi connectivity index (χ4v) is 3.81. The number of hydrogen-bond donors (Lipinski definition) is 2. The topological polar surface area (TPSA) is 85.4 Å². The van der Waals surface area contributed by atoms with E-state index in [1.165, 1.54) is 0 Å². The molecule has 1 fully saturated rings. The maximum atomic E-state index is 12.6. The Hall–Kier alpha value is -2.67. The van der Waals surface area contributed by atoms with Gasteiger partial charge in [-0.25, -0.2) is 14.8 Å². The number of ether oxygens (including phenoxy) is 2. The standard InChI is InChI=1S/C25H36N4O3/c1-5-18(3)22-21(16-26-23(28-22)27-20-12-14-31-15-13-20)25(4,6-2)29-24(30)32-17-19-10-8-7-9-11-19/h7-11,16,18,20H,5-6,12-15,17H2,1-4H3,(H,29,30)(H,26,27,28). The fraction of sp³-hybridized carbons (Fsp3) is 0.560. The van der Waals surface area contributed by atoms with Crippen LogP contribution in [0.2, 0.25) is 0 Å². The summed E-state index contributed by atoms with van der Waals surface area (Å²) in [7, 11) is 0. The monoisotopic (exact) mass is 440 g/mol. The van der Waals surface area contributed by atoms with Crippen molar-refractivity contribution < 1.29 is 14.3 Å². The van der Waals surface area contributed by atoms with E-state index >= 15 is 0 Å². The minimum Gasteiger partial charge on any atom is -0.445 e. The Morgan fingerprint density at radius 2 is 1.97 bits per heavy atom. The molecule has 1 aromatic carbocycles. The molecule has 2 unspecified atom stereocenters. The summed E-state index contributed by atoms with van der Waals surface area (Å²) >= 11 is 0. The van der Waals surface area contributed by atoms with Crippen molar-refractivity contribution in [3.05, 3.63) is 53.3 Å². The van der Waals surface area contributed by atoms with Gasteiger partial charge in [0.2, 0.25) is 5.95 Å². The number of carbonyl (C=O) groups is 1. The molecule has 2 atom stereocenters. The van der Waals surface area contributed by atoms with Gasteiger partial charge in [0.25, 0.3) is 0 Å². The molecule has 0 spiro atoms. The SMILES string of the molecule is CCC(C)c1nc(NC2CCOCC2)ncc1C(C)(CC)NC(=O)OCc1ccccc1. The Morgan fingerprint density at radius 3 is 2.62 bits per heavy atom. The van der Waals surface area contributed by atoms with Crippen molar-refractivity contribution in [2.24, 2.45) is 0 Å². The van der Waals surface area contributed by atoms with E-state index in [4.69, 9.17) is 14.5 Å². The zero-order valence-corrected chi connectivity index (χ0v) is 19.7. The second-order valence-corrected chi connectivity index (χ2v) is 8.71. The van der Waals surface area contributed by atoms with E-state index in [9.17, 15) is 4.79 Å². The highest BCUT2D eigenvalue weighted by atomic mass is 16.5. The molecular weight excluding hydrogens is 404 g/mol. The Morgan fingerprint density at radius 1 is 1.25 bits per heavy atom. The van der Waals surface area contributed by atoms with Crippen molar-refractivity contribution in [3.63, 3.8) is 0 Å². The van der Waals surface area contributed by atoms with Crippen LogP contribution in [0.3, 0.4) is 0 Å². The Kier molecular flexibility index (Phi) is 8.45. The van der Waals surface area contributed by atoms with E-state index in [0.29, 0.717) is 18.4 Å². The second-order valence-electron chi connectivity index (χ2n) is 8.71. The smallest absolute Gasteiger partial charge is 0.408 e. The maximum Gasteiger partial charge on any atom is 0.408 e. The summed E-state index contributed by atoms with van der Waals surface area (Å²) in [6.45, 7) is 10.1. The molecule has 1 amide bonds. The lowest BCUT2D eigenvalue weighted by Gasteiger charge is -2.32. The van der Waals surface area contributed by atoms with Crippen LogP contribution >= 0.6 is 0 Å². The first-order valence-corrected chi connectivity index (χ1v) is 11.7. The molecular formula is C25H36N4O3. The van der Waals surface area contributed by atoms with Crippen molar-refractivity contribution in [2.75, 3.05) is 18.5 Å². The van der Waals surface area contributed by atoms with E-state index in [0.717, 1.165) is 49.3 Å². The minimum absolute atomic E-state index is 0.231. The van der Waals surface area contributed by atoms with Gasteiger partial charge in [-0.15, -0.1) is 0 Å². The summed E-state index contributed by atoms with van der Waals surface area (Å²) in [4.78, 5) is 22.2. The zero-order chi connectivity index (χ0) is 23.0. The molecule has 1 aliphatic rings. The second kappa shape index (κ2) is 11.3. The van der Waals surface area contributed by atoms with Crippen molar-refractivity contribution >= 4 is 12.0 Å². The number of hydrogen-bond acceptors (Lipinski definition) is 6. The molecule has 1 aromatic heterocycles. The third-order valence-electron chi connectivity index (χ3n) is 6.34. The molecule has 174 valence electrons. The van der Waals surface area contributed by atoms with Gasteiger partial charge >= 0.3 is 6.09 Å². The van der Waals surface area contributed by atoms with Gasteiger partial charge < -0.3 is 20.1 Å². The van der Waals surface area contributed by atoms with Crippen molar-refractivity contribution in [1.82, 2.24) is 15.3 Å². The van der Waals surface area contributed by atoms with E-state index in [2.05, 4.69) is 29.5 Å². The molecule has 0 aliphatic carbocycles. The van der Waals surface area contributed by atoms with Gasteiger partial charge in [-0.1, -0.05) is 51.1 Å². The normalized spacial score (nSPS) is 17.2. The molecule has 1 aliphatic heterocycles. The quantitative estimate of drug-likeness (QED) is 0.562. The van der Waals surface area contributed by atoms with E-state index in [1.54, 1.807) is 0 Å². The van der Waals surface area contributed by atoms with Gasteiger partial charge in [0.15, 0.2) is 0 Å². The van der Waals surface area contributed by atoms with Crippen LogP contribution in [-0.4, -0.2) is 35.3 Å². The number of alkyl carbamates (subject to hydrolysis) is 1. The van der Waals surface area contributed by atoms with Crippen LogP contribution in [0, 0.1) is 0 Å². The molecule has 0 bridgehead atoms. The first-order chi connectivity index (χ1) is 15.4. The molecule has 2 aromatic rings. The highest BCUT2D eigenvalue weighted by Gasteiger charge is 2.32. The molecule has 0 radical (unpaired) electrons. The molecule has 3 rings (SSSR count). The summed E-state index contributed by atoms with van der Waals surface area (Å²) in [5.74, 6) is 0.873. The van der Waals surface area contributed by atoms with Gasteiger partial charge in [0, 0.05) is 31.0 Å². The number of rotatable bonds is 9. The van der Waals surface area contributed by atoms with Crippen LogP contribution in [0.25, 0.3) is 0 Å². The summed E-state index contributed by atoms with van der Waals surface area (Å²) < 4.78 is 10.9. The molecule has 32 heavy (non-hydrogen) atoms. The summed E-state index contributed by atoms with van der Waals surface area (Å²) in [6.07, 6.45) is 4.94. The van der Waals surface area contributed by atoms with Crippen molar-refractivity contribution in [2.45, 2.75) is 77.5 Å². The first kappa shape index (κ1) is 24.0. The number of anilines is 1. The number of amides is 1. The molecule has 7 nitrogen and oxygen atoms in total. The Balaban J connectivity index is 1.77. The maximum absolute atomic E-state index is 12.6. The van der Waals surface area contributed by atoms with Crippen LogP contribution < -0.4 is 10.6 Å². The van der Waals surface area contributed by atoms with Crippen LogP contribution in [0.1, 0.15) is 76.1 Å². The number of aromatic nitrogens is 2. The molecule has 0 saturated carbocycles. The van der Waals surface area contributed by atoms with Crippen LogP contribution in [0.15, 0.2) is 36.5 Å². The lowest BCUT2D eigenvalue weighted by Crippen LogP contribution is -2.44. The molecule has 2 N–H and O–H groups in total. The summed E-state index contributed by atoms with van der Waals surface area (Å²) in [5.41, 5.74) is 2.21. The fourth-order valence-electron chi connectivity index (χ4n) is 3.81. The van der Waals surface area contributed by atoms with Crippen LogP contribution in [0.4, 0.5) is 10.7 Å². The van der Waals surface area contributed by atoms with Gasteiger partial charge in [-0.2, -0.15) is 0 Å². The van der Waals surface area contributed by atoms with Crippen LogP contribution in [0.5, 0.6) is 0 Å². The predicted molar refractivity (Wildman–Crippen MR) is 126 cm³/mol.